The monoisotopic (exact) mass is 408 g/mol. The first-order valence-corrected chi connectivity index (χ1v) is 10.3. The van der Waals surface area contributed by atoms with Gasteiger partial charge < -0.3 is 4.42 Å². The summed E-state index contributed by atoms with van der Waals surface area (Å²) in [7, 11) is 0. The summed E-state index contributed by atoms with van der Waals surface area (Å²) in [6.45, 7) is 2.66. The lowest BCUT2D eigenvalue weighted by Gasteiger charge is -2.27. The predicted molar refractivity (Wildman–Crippen MR) is 110 cm³/mol. The molecule has 0 bridgehead atoms. The lowest BCUT2D eigenvalue weighted by molar-refractivity contribution is 0.242. The Bertz CT molecular complexity index is 1090. The summed E-state index contributed by atoms with van der Waals surface area (Å²) in [6.07, 6.45) is 6.43. The van der Waals surface area contributed by atoms with Crippen LogP contribution < -0.4 is 0 Å². The molecule has 0 N–H and O–H groups in total. The van der Waals surface area contributed by atoms with Crippen molar-refractivity contribution >= 4 is 22.9 Å². The predicted octanol–water partition coefficient (Wildman–Crippen LogP) is 5.07. The minimum atomic E-state index is 0.658. The number of pyridine rings is 1. The average molecular weight is 409 g/mol. The minimum absolute atomic E-state index is 0.658. The van der Waals surface area contributed by atoms with Gasteiger partial charge in [0.15, 0.2) is 11.6 Å². The number of hydrogen-bond donors (Lipinski definition) is 0. The molecule has 4 aromatic rings. The van der Waals surface area contributed by atoms with Crippen LogP contribution in [0.25, 0.3) is 22.2 Å². The van der Waals surface area contributed by atoms with Crippen LogP contribution in [0.2, 0.25) is 4.34 Å². The zero-order valence-electron chi connectivity index (χ0n) is 15.0. The molecule has 0 aromatic carbocycles. The molecule has 0 atom stereocenters. The molecule has 5 rings (SSSR count). The zero-order valence-corrected chi connectivity index (χ0v) is 16.6. The molecule has 0 saturated carbocycles. The van der Waals surface area contributed by atoms with Crippen LogP contribution in [0.15, 0.2) is 59.5 Å². The third kappa shape index (κ3) is 3.58. The van der Waals surface area contributed by atoms with Gasteiger partial charge in [-0.3, -0.25) is 9.88 Å². The van der Waals surface area contributed by atoms with Gasteiger partial charge in [-0.2, -0.15) is 0 Å². The number of fused-ring (bicyclic) bond motifs is 1. The molecule has 5 heterocycles. The zero-order chi connectivity index (χ0) is 18.9. The van der Waals surface area contributed by atoms with Gasteiger partial charge in [0.2, 0.25) is 0 Å². The third-order valence-corrected chi connectivity index (χ3v) is 6.06. The summed E-state index contributed by atoms with van der Waals surface area (Å²) >= 11 is 7.57. The lowest BCUT2D eigenvalue weighted by Crippen LogP contribution is -2.31. The minimum Gasteiger partial charge on any atom is -0.461 e. The molecule has 0 fully saturated rings. The van der Waals surface area contributed by atoms with Crippen molar-refractivity contribution in [1.82, 2.24) is 19.9 Å². The third-order valence-electron chi connectivity index (χ3n) is 4.81. The van der Waals surface area contributed by atoms with Gasteiger partial charge in [0.1, 0.15) is 0 Å². The fourth-order valence-corrected chi connectivity index (χ4v) is 4.43. The van der Waals surface area contributed by atoms with Crippen molar-refractivity contribution in [1.29, 1.82) is 0 Å². The van der Waals surface area contributed by atoms with Crippen molar-refractivity contribution < 1.29 is 4.42 Å². The number of aromatic nitrogens is 3. The first-order chi connectivity index (χ1) is 13.7. The molecule has 0 saturated heterocycles. The van der Waals surface area contributed by atoms with Gasteiger partial charge in [0, 0.05) is 44.0 Å². The van der Waals surface area contributed by atoms with Crippen LogP contribution in [-0.4, -0.2) is 26.4 Å². The van der Waals surface area contributed by atoms with Crippen molar-refractivity contribution in [3.63, 3.8) is 0 Å². The fraction of sp³-hybridized carbons (Fsp3) is 0.190. The van der Waals surface area contributed by atoms with E-state index in [0.29, 0.717) is 11.6 Å². The Labute approximate surface area is 171 Å². The van der Waals surface area contributed by atoms with E-state index in [4.69, 9.17) is 21.0 Å². The van der Waals surface area contributed by atoms with E-state index in [9.17, 15) is 0 Å². The molecule has 28 heavy (non-hydrogen) atoms. The summed E-state index contributed by atoms with van der Waals surface area (Å²) in [5, 5.41) is 0. The summed E-state index contributed by atoms with van der Waals surface area (Å²) in [5.41, 5.74) is 4.45. The van der Waals surface area contributed by atoms with Crippen molar-refractivity contribution in [2.24, 2.45) is 0 Å². The van der Waals surface area contributed by atoms with Gasteiger partial charge in [0.25, 0.3) is 0 Å². The van der Waals surface area contributed by atoms with Crippen LogP contribution in [0.1, 0.15) is 16.8 Å². The maximum absolute atomic E-state index is 6.02. The number of hydrogen-bond acceptors (Lipinski definition) is 6. The Morgan fingerprint density at radius 1 is 1.11 bits per heavy atom. The van der Waals surface area contributed by atoms with Crippen LogP contribution >= 0.6 is 22.9 Å². The Morgan fingerprint density at radius 3 is 2.82 bits per heavy atom. The Morgan fingerprint density at radius 2 is 2.07 bits per heavy atom. The average Bonchev–Trinajstić information content (AvgIpc) is 3.40. The molecule has 7 heteroatoms. The van der Waals surface area contributed by atoms with Crippen molar-refractivity contribution in [2.75, 3.05) is 6.54 Å². The number of halogens is 1. The standard InChI is InChI=1S/C21H17ClN4OS/c22-20-6-5-19(28-20)17-4-3-14(10-23-17)12-26-8-7-16-15(13-26)11-24-21(25-16)18-2-1-9-27-18/h1-6,9-11H,7-8,12-13H2. The number of rotatable bonds is 4. The van der Waals surface area contributed by atoms with Crippen LogP contribution in [0.5, 0.6) is 0 Å². The second kappa shape index (κ2) is 7.47. The normalized spacial score (nSPS) is 14.2. The molecule has 0 spiro atoms. The first-order valence-electron chi connectivity index (χ1n) is 9.06. The maximum Gasteiger partial charge on any atom is 0.195 e. The highest BCUT2D eigenvalue weighted by Gasteiger charge is 2.19. The summed E-state index contributed by atoms with van der Waals surface area (Å²) in [4.78, 5) is 17.3. The van der Waals surface area contributed by atoms with Crippen LogP contribution in [-0.2, 0) is 19.5 Å². The van der Waals surface area contributed by atoms with Crippen molar-refractivity contribution in [3.8, 4) is 22.2 Å². The molecule has 140 valence electrons. The summed E-state index contributed by atoms with van der Waals surface area (Å²) in [6, 6.07) is 11.9. The second-order valence-electron chi connectivity index (χ2n) is 6.76. The molecule has 1 aliphatic heterocycles. The molecule has 1 aliphatic rings. The Kier molecular flexibility index (Phi) is 4.68. The van der Waals surface area contributed by atoms with Crippen LogP contribution in [0.3, 0.4) is 0 Å². The highest BCUT2D eigenvalue weighted by molar-refractivity contribution is 7.19. The van der Waals surface area contributed by atoms with E-state index in [1.807, 2.05) is 36.7 Å². The molecule has 0 unspecified atom stereocenters. The number of nitrogens with zero attached hydrogens (tertiary/aromatic N) is 4. The van der Waals surface area contributed by atoms with Crippen molar-refractivity contribution in [2.45, 2.75) is 19.5 Å². The number of furan rings is 1. The molecule has 4 aromatic heterocycles. The highest BCUT2D eigenvalue weighted by Crippen LogP contribution is 2.30. The van der Waals surface area contributed by atoms with E-state index < -0.39 is 0 Å². The van der Waals surface area contributed by atoms with E-state index in [1.165, 1.54) is 11.1 Å². The quantitative estimate of drug-likeness (QED) is 0.471. The van der Waals surface area contributed by atoms with Gasteiger partial charge in [0.05, 0.1) is 26.9 Å². The second-order valence-corrected chi connectivity index (χ2v) is 8.47. The maximum atomic E-state index is 6.02. The van der Waals surface area contributed by atoms with Crippen LogP contribution in [0, 0.1) is 0 Å². The molecule has 0 radical (unpaired) electrons. The molecular weight excluding hydrogens is 392 g/mol. The van der Waals surface area contributed by atoms with E-state index in [1.54, 1.807) is 17.6 Å². The van der Waals surface area contributed by atoms with E-state index >= 15 is 0 Å². The topological polar surface area (TPSA) is 55.1 Å². The molecule has 0 aliphatic carbocycles. The number of thiophene rings is 1. The first kappa shape index (κ1) is 17.6. The van der Waals surface area contributed by atoms with E-state index in [2.05, 4.69) is 27.0 Å². The summed E-state index contributed by atoms with van der Waals surface area (Å²) < 4.78 is 6.19. The van der Waals surface area contributed by atoms with E-state index in [-0.39, 0.29) is 0 Å². The van der Waals surface area contributed by atoms with E-state index in [0.717, 1.165) is 46.7 Å². The molecular formula is C21H17ClN4OS. The van der Waals surface area contributed by atoms with Gasteiger partial charge in [-0.1, -0.05) is 17.7 Å². The fourth-order valence-electron chi connectivity index (χ4n) is 3.41. The highest BCUT2D eigenvalue weighted by atomic mass is 35.5. The Hall–Kier alpha value is -2.54. The molecule has 5 nitrogen and oxygen atoms in total. The molecule has 0 amide bonds. The van der Waals surface area contributed by atoms with Crippen molar-refractivity contribution in [3.05, 3.63) is 76.2 Å². The van der Waals surface area contributed by atoms with Gasteiger partial charge in [-0.15, -0.1) is 11.3 Å². The smallest absolute Gasteiger partial charge is 0.195 e. The summed E-state index contributed by atoms with van der Waals surface area (Å²) in [5.74, 6) is 1.37. The SMILES string of the molecule is Clc1ccc(-c2ccc(CN3CCc4nc(-c5ccco5)ncc4C3)cn2)s1. The Balaban J connectivity index is 1.27. The van der Waals surface area contributed by atoms with Crippen LogP contribution in [0.4, 0.5) is 0 Å². The van der Waals surface area contributed by atoms with Gasteiger partial charge >= 0.3 is 0 Å². The van der Waals surface area contributed by atoms with Gasteiger partial charge in [-0.25, -0.2) is 9.97 Å². The lowest BCUT2D eigenvalue weighted by atomic mass is 10.1. The largest absolute Gasteiger partial charge is 0.461 e. The van der Waals surface area contributed by atoms with Gasteiger partial charge in [-0.05, 0) is 35.9 Å².